The van der Waals surface area contributed by atoms with E-state index < -0.39 is 0 Å². The molecule has 0 aliphatic heterocycles. The van der Waals surface area contributed by atoms with Gasteiger partial charge in [0.05, 0.1) is 13.7 Å². The molecule has 1 aromatic carbocycles. The third-order valence-electron chi connectivity index (χ3n) is 4.85. The summed E-state index contributed by atoms with van der Waals surface area (Å²) in [5.41, 5.74) is 1.26. The molecule has 1 aromatic rings. The number of rotatable bonds is 12. The molecular weight excluding hydrogens is 340 g/mol. The van der Waals surface area contributed by atoms with E-state index in [1.165, 1.54) is 18.4 Å². The van der Waals surface area contributed by atoms with Crippen LogP contribution in [0.25, 0.3) is 0 Å². The third-order valence-corrected chi connectivity index (χ3v) is 4.85. The molecule has 27 heavy (non-hydrogen) atoms. The van der Waals surface area contributed by atoms with Gasteiger partial charge in [-0.15, -0.1) is 0 Å². The van der Waals surface area contributed by atoms with Gasteiger partial charge in [0.25, 0.3) is 0 Å². The van der Waals surface area contributed by atoms with E-state index in [1.54, 1.807) is 7.11 Å². The second kappa shape index (κ2) is 11.7. The van der Waals surface area contributed by atoms with Crippen LogP contribution in [0, 0.1) is 0 Å². The number of aliphatic imine (C=N–C) groups is 1. The van der Waals surface area contributed by atoms with Gasteiger partial charge in [-0.05, 0) is 56.8 Å². The van der Waals surface area contributed by atoms with Gasteiger partial charge >= 0.3 is 0 Å². The van der Waals surface area contributed by atoms with E-state index in [1.807, 2.05) is 20.0 Å². The van der Waals surface area contributed by atoms with Crippen molar-refractivity contribution in [2.75, 3.05) is 46.9 Å². The van der Waals surface area contributed by atoms with E-state index >= 15 is 0 Å². The van der Waals surface area contributed by atoms with Crippen molar-refractivity contribution in [2.45, 2.75) is 45.6 Å². The van der Waals surface area contributed by atoms with Crippen molar-refractivity contribution in [3.05, 3.63) is 23.8 Å². The normalized spacial score (nSPS) is 14.3. The van der Waals surface area contributed by atoms with Crippen LogP contribution >= 0.6 is 0 Å². The third kappa shape index (κ3) is 7.29. The summed E-state index contributed by atoms with van der Waals surface area (Å²) in [7, 11) is 3.50. The molecule has 0 radical (unpaired) electrons. The predicted octanol–water partition coefficient (Wildman–Crippen LogP) is 2.68. The smallest absolute Gasteiger partial charge is 0.191 e. The van der Waals surface area contributed by atoms with Crippen LogP contribution < -0.4 is 20.1 Å². The van der Waals surface area contributed by atoms with Gasteiger partial charge in [0, 0.05) is 32.7 Å². The Morgan fingerprint density at radius 3 is 2.59 bits per heavy atom. The number of methoxy groups -OCH3 is 1. The topological polar surface area (TPSA) is 58.1 Å². The zero-order chi connectivity index (χ0) is 19.5. The maximum atomic E-state index is 5.65. The number of guanidine groups is 1. The number of benzene rings is 1. The lowest BCUT2D eigenvalue weighted by molar-refractivity contribution is 0.282. The molecule has 0 bridgehead atoms. The van der Waals surface area contributed by atoms with E-state index in [2.05, 4.69) is 39.6 Å². The molecule has 2 rings (SSSR count). The van der Waals surface area contributed by atoms with Crippen molar-refractivity contribution in [2.24, 2.45) is 4.99 Å². The SMILES string of the molecule is CCOc1cc(CCCNC(=NC)NCCN(CC)C2CC2)ccc1OC. The molecule has 0 saturated heterocycles. The fourth-order valence-electron chi connectivity index (χ4n) is 3.22. The van der Waals surface area contributed by atoms with E-state index in [4.69, 9.17) is 9.47 Å². The predicted molar refractivity (Wildman–Crippen MR) is 112 cm³/mol. The number of hydrogen-bond donors (Lipinski definition) is 2. The Morgan fingerprint density at radius 1 is 1.19 bits per heavy atom. The average Bonchev–Trinajstić information content (AvgIpc) is 3.52. The van der Waals surface area contributed by atoms with Crippen LogP contribution in [-0.2, 0) is 6.42 Å². The zero-order valence-electron chi connectivity index (χ0n) is 17.4. The number of aryl methyl sites for hydroxylation is 1. The fourth-order valence-corrected chi connectivity index (χ4v) is 3.22. The van der Waals surface area contributed by atoms with Crippen molar-refractivity contribution in [1.82, 2.24) is 15.5 Å². The zero-order valence-corrected chi connectivity index (χ0v) is 17.4. The van der Waals surface area contributed by atoms with Gasteiger partial charge in [0.15, 0.2) is 17.5 Å². The van der Waals surface area contributed by atoms with Gasteiger partial charge in [-0.3, -0.25) is 9.89 Å². The van der Waals surface area contributed by atoms with E-state index in [-0.39, 0.29) is 0 Å². The van der Waals surface area contributed by atoms with Crippen molar-refractivity contribution >= 4 is 5.96 Å². The van der Waals surface area contributed by atoms with Crippen LogP contribution in [-0.4, -0.2) is 63.8 Å². The second-order valence-electron chi connectivity index (χ2n) is 6.81. The lowest BCUT2D eigenvalue weighted by Gasteiger charge is -2.20. The Labute approximate surface area is 164 Å². The molecule has 0 spiro atoms. The number of ether oxygens (including phenoxy) is 2. The summed E-state index contributed by atoms with van der Waals surface area (Å²) in [6.07, 6.45) is 4.73. The van der Waals surface area contributed by atoms with Gasteiger partial charge in [0.1, 0.15) is 0 Å². The molecule has 1 aliphatic carbocycles. The molecule has 2 N–H and O–H groups in total. The molecule has 0 unspecified atom stereocenters. The van der Waals surface area contributed by atoms with Crippen LogP contribution in [0.15, 0.2) is 23.2 Å². The summed E-state index contributed by atoms with van der Waals surface area (Å²) in [4.78, 5) is 6.86. The van der Waals surface area contributed by atoms with Crippen LogP contribution in [0.3, 0.4) is 0 Å². The molecule has 0 amide bonds. The highest BCUT2D eigenvalue weighted by molar-refractivity contribution is 5.79. The highest BCUT2D eigenvalue weighted by Gasteiger charge is 2.27. The van der Waals surface area contributed by atoms with Crippen molar-refractivity contribution in [3.8, 4) is 11.5 Å². The largest absolute Gasteiger partial charge is 0.493 e. The monoisotopic (exact) mass is 376 g/mol. The minimum Gasteiger partial charge on any atom is -0.493 e. The minimum atomic E-state index is 0.638. The minimum absolute atomic E-state index is 0.638. The van der Waals surface area contributed by atoms with Gasteiger partial charge in [-0.2, -0.15) is 0 Å². The van der Waals surface area contributed by atoms with Crippen LogP contribution in [0.5, 0.6) is 11.5 Å². The molecule has 0 heterocycles. The molecule has 1 fully saturated rings. The molecular formula is C21H36N4O2. The summed E-state index contributed by atoms with van der Waals surface area (Å²) in [5.74, 6) is 2.49. The van der Waals surface area contributed by atoms with Gasteiger partial charge in [-0.25, -0.2) is 0 Å². The fraction of sp³-hybridized carbons (Fsp3) is 0.667. The Balaban J connectivity index is 1.67. The second-order valence-corrected chi connectivity index (χ2v) is 6.81. The van der Waals surface area contributed by atoms with Crippen LogP contribution in [0.2, 0.25) is 0 Å². The average molecular weight is 377 g/mol. The van der Waals surface area contributed by atoms with Gasteiger partial charge in [0.2, 0.25) is 0 Å². The molecule has 6 nitrogen and oxygen atoms in total. The maximum absolute atomic E-state index is 5.65. The Hall–Kier alpha value is -1.95. The number of likely N-dealkylation sites (N-methyl/N-ethyl adjacent to an activating group) is 1. The van der Waals surface area contributed by atoms with Crippen LogP contribution in [0.4, 0.5) is 0 Å². The first-order valence-corrected chi connectivity index (χ1v) is 10.2. The number of nitrogens with zero attached hydrogens (tertiary/aromatic N) is 2. The Morgan fingerprint density at radius 2 is 1.96 bits per heavy atom. The van der Waals surface area contributed by atoms with Gasteiger partial charge < -0.3 is 20.1 Å². The lowest BCUT2D eigenvalue weighted by Crippen LogP contribution is -2.42. The summed E-state index contributed by atoms with van der Waals surface area (Å²) in [5, 5.41) is 6.82. The standard InChI is InChI=1S/C21H36N4O2/c1-5-25(18-10-11-18)15-14-24-21(22-3)23-13-7-8-17-9-12-19(26-4)20(16-17)27-6-2/h9,12,16,18H,5-8,10-11,13-15H2,1-4H3,(H2,22,23,24). The van der Waals surface area contributed by atoms with Gasteiger partial charge in [-0.1, -0.05) is 13.0 Å². The van der Waals surface area contributed by atoms with E-state index in [9.17, 15) is 0 Å². The molecule has 0 atom stereocenters. The highest BCUT2D eigenvalue weighted by Crippen LogP contribution is 2.28. The molecule has 152 valence electrons. The van der Waals surface area contributed by atoms with E-state index in [0.29, 0.717) is 6.61 Å². The van der Waals surface area contributed by atoms with Crippen molar-refractivity contribution in [1.29, 1.82) is 0 Å². The molecule has 6 heteroatoms. The summed E-state index contributed by atoms with van der Waals surface area (Å²) in [6.45, 7) is 8.88. The first-order valence-electron chi connectivity index (χ1n) is 10.2. The first-order chi connectivity index (χ1) is 13.2. The van der Waals surface area contributed by atoms with Crippen molar-refractivity contribution in [3.63, 3.8) is 0 Å². The summed E-state index contributed by atoms with van der Waals surface area (Å²) >= 11 is 0. The lowest BCUT2D eigenvalue weighted by atomic mass is 10.1. The Kier molecular flexibility index (Phi) is 9.25. The Bertz CT molecular complexity index is 588. The molecule has 1 saturated carbocycles. The maximum Gasteiger partial charge on any atom is 0.191 e. The quantitative estimate of drug-likeness (QED) is 0.334. The number of nitrogens with one attached hydrogen (secondary N) is 2. The number of hydrogen-bond acceptors (Lipinski definition) is 4. The summed E-state index contributed by atoms with van der Waals surface area (Å²) < 4.78 is 11.0. The van der Waals surface area contributed by atoms with Crippen LogP contribution in [0.1, 0.15) is 38.7 Å². The summed E-state index contributed by atoms with van der Waals surface area (Å²) in [6, 6.07) is 6.98. The van der Waals surface area contributed by atoms with E-state index in [0.717, 1.165) is 62.5 Å². The molecule has 0 aromatic heterocycles. The molecule has 1 aliphatic rings. The highest BCUT2D eigenvalue weighted by atomic mass is 16.5. The first kappa shape index (κ1) is 21.4. The van der Waals surface area contributed by atoms with Crippen molar-refractivity contribution < 1.29 is 9.47 Å².